The number of allylic oxidation sites excluding steroid dienone is 7. The summed E-state index contributed by atoms with van der Waals surface area (Å²) >= 11 is 5.04. The molecule has 3 heteroatoms. The Balaban J connectivity index is 3.99. The van der Waals surface area contributed by atoms with Crippen molar-refractivity contribution >= 4 is 17.4 Å². The lowest BCUT2D eigenvalue weighted by Crippen LogP contribution is -2.23. The van der Waals surface area contributed by atoms with E-state index in [-0.39, 0.29) is 0 Å². The topological polar surface area (TPSA) is 21.3 Å². The summed E-state index contributed by atoms with van der Waals surface area (Å²) in [6, 6.07) is 0. The van der Waals surface area contributed by atoms with Crippen LogP contribution in [-0.2, 0) is 4.74 Å². The molecule has 2 nitrogen and oxygen atoms in total. The number of rotatable bonds is 12. The second-order valence-corrected chi connectivity index (χ2v) is 7.55. The third kappa shape index (κ3) is 16.1. The minimum atomic E-state index is 0.483. The quantitative estimate of drug-likeness (QED) is 0.291. The Morgan fingerprint density at radius 2 is 1.23 bits per heavy atom. The van der Waals surface area contributed by atoms with Crippen LogP contribution >= 0.6 is 12.2 Å². The Hall–Kier alpha value is -1.35. The molecule has 148 valence electrons. The highest BCUT2D eigenvalue weighted by molar-refractivity contribution is 7.80. The minimum Gasteiger partial charge on any atom is -0.467 e. The van der Waals surface area contributed by atoms with Crippen molar-refractivity contribution in [2.75, 3.05) is 13.2 Å². The van der Waals surface area contributed by atoms with E-state index in [0.29, 0.717) is 11.8 Å². The first-order chi connectivity index (χ1) is 12.3. The van der Waals surface area contributed by atoms with E-state index in [1.165, 1.54) is 28.7 Å². The van der Waals surface area contributed by atoms with Gasteiger partial charge in [0.15, 0.2) is 0 Å². The molecule has 0 atom stereocenters. The zero-order valence-corrected chi connectivity index (χ0v) is 18.6. The molecule has 0 spiro atoms. The predicted molar refractivity (Wildman–Crippen MR) is 121 cm³/mol. The Morgan fingerprint density at radius 1 is 0.769 bits per heavy atom. The van der Waals surface area contributed by atoms with Gasteiger partial charge in [0.2, 0.25) is 0 Å². The largest absolute Gasteiger partial charge is 0.467 e. The van der Waals surface area contributed by atoms with Crippen LogP contribution in [0.15, 0.2) is 46.6 Å². The molecule has 0 heterocycles. The average Bonchev–Trinajstić information content (AvgIpc) is 2.54. The molecule has 0 saturated heterocycles. The molecule has 1 N–H and O–H groups in total. The highest BCUT2D eigenvalue weighted by Crippen LogP contribution is 2.13. The lowest BCUT2D eigenvalue weighted by Gasteiger charge is -2.06. The van der Waals surface area contributed by atoms with Gasteiger partial charge in [-0.05, 0) is 98.4 Å². The lowest BCUT2D eigenvalue weighted by atomic mass is 10.0. The number of hydrogen-bond acceptors (Lipinski definition) is 2. The molecule has 0 aromatic rings. The third-order valence-electron chi connectivity index (χ3n) is 4.12. The van der Waals surface area contributed by atoms with E-state index in [4.69, 9.17) is 17.0 Å². The molecular weight excluding hydrogens is 338 g/mol. The number of hydrogen-bond donors (Lipinski definition) is 1. The fourth-order valence-corrected chi connectivity index (χ4v) is 2.65. The fourth-order valence-electron chi connectivity index (χ4n) is 2.44. The molecule has 0 aromatic heterocycles. The van der Waals surface area contributed by atoms with Gasteiger partial charge in [-0.3, -0.25) is 0 Å². The summed E-state index contributed by atoms with van der Waals surface area (Å²) in [6.07, 6.45) is 16.0. The smallest absolute Gasteiger partial charge is 0.256 e. The molecule has 0 bridgehead atoms. The van der Waals surface area contributed by atoms with Crippen LogP contribution in [0.4, 0.5) is 0 Å². The number of nitrogens with one attached hydrogen (secondary N) is 1. The van der Waals surface area contributed by atoms with E-state index in [1.807, 2.05) is 6.92 Å². The van der Waals surface area contributed by atoms with E-state index in [2.05, 4.69) is 64.2 Å². The summed E-state index contributed by atoms with van der Waals surface area (Å²) in [6.45, 7) is 14.3. The summed E-state index contributed by atoms with van der Waals surface area (Å²) < 4.78 is 5.42. The molecule has 0 saturated carbocycles. The van der Waals surface area contributed by atoms with Crippen molar-refractivity contribution < 1.29 is 4.74 Å². The second-order valence-electron chi connectivity index (χ2n) is 7.18. The van der Waals surface area contributed by atoms with Gasteiger partial charge in [0.05, 0.1) is 0 Å². The molecule has 0 aromatic carbocycles. The van der Waals surface area contributed by atoms with Crippen LogP contribution in [0.2, 0.25) is 0 Å². The van der Waals surface area contributed by atoms with E-state index in [0.717, 1.165) is 38.6 Å². The molecular formula is C23H39NOS. The third-order valence-corrected chi connectivity index (χ3v) is 4.38. The van der Waals surface area contributed by atoms with Crippen LogP contribution in [0.3, 0.4) is 0 Å². The van der Waals surface area contributed by atoms with E-state index in [9.17, 15) is 0 Å². The van der Waals surface area contributed by atoms with Crippen LogP contribution in [0.5, 0.6) is 0 Å². The highest BCUT2D eigenvalue weighted by atomic mass is 32.1. The Labute approximate surface area is 167 Å². The van der Waals surface area contributed by atoms with Crippen LogP contribution in [0.25, 0.3) is 0 Å². The molecule has 0 unspecified atom stereocenters. The van der Waals surface area contributed by atoms with Gasteiger partial charge in [-0.1, -0.05) is 40.5 Å². The van der Waals surface area contributed by atoms with Crippen LogP contribution in [-0.4, -0.2) is 18.3 Å². The maximum atomic E-state index is 5.42. The van der Waals surface area contributed by atoms with Gasteiger partial charge in [0.1, 0.15) is 6.61 Å². The minimum absolute atomic E-state index is 0.483. The first-order valence-corrected chi connectivity index (χ1v) is 10.3. The normalized spacial score (nSPS) is 12.8. The van der Waals surface area contributed by atoms with Gasteiger partial charge in [0.25, 0.3) is 5.17 Å². The zero-order valence-electron chi connectivity index (χ0n) is 17.8. The molecule has 0 rings (SSSR count). The first kappa shape index (κ1) is 24.7. The summed E-state index contributed by atoms with van der Waals surface area (Å²) in [5, 5.41) is 3.47. The summed E-state index contributed by atoms with van der Waals surface area (Å²) in [7, 11) is 0. The van der Waals surface area contributed by atoms with Gasteiger partial charge in [0, 0.05) is 6.54 Å². The lowest BCUT2D eigenvalue weighted by molar-refractivity contribution is 0.342. The van der Waals surface area contributed by atoms with Crippen molar-refractivity contribution in [1.82, 2.24) is 5.32 Å². The highest BCUT2D eigenvalue weighted by Gasteiger charge is 1.95. The molecule has 0 fully saturated rings. The molecule has 0 aliphatic carbocycles. The Morgan fingerprint density at radius 3 is 1.69 bits per heavy atom. The molecule has 0 amide bonds. The molecule has 0 radical (unpaired) electrons. The summed E-state index contributed by atoms with van der Waals surface area (Å²) in [4.78, 5) is 0. The van der Waals surface area contributed by atoms with Crippen molar-refractivity contribution in [3.8, 4) is 0 Å². The summed E-state index contributed by atoms with van der Waals surface area (Å²) in [5.74, 6) is 0. The van der Waals surface area contributed by atoms with Crippen molar-refractivity contribution in [2.24, 2.45) is 0 Å². The molecule has 26 heavy (non-hydrogen) atoms. The zero-order chi connectivity index (χ0) is 19.8. The number of thiocarbonyl (C=S) groups is 1. The predicted octanol–water partition coefficient (Wildman–Crippen LogP) is 7.04. The van der Waals surface area contributed by atoms with Crippen molar-refractivity contribution in [2.45, 2.75) is 80.1 Å². The number of ether oxygens (including phenoxy) is 1. The van der Waals surface area contributed by atoms with Gasteiger partial charge < -0.3 is 10.1 Å². The molecule has 0 aliphatic rings. The maximum Gasteiger partial charge on any atom is 0.256 e. The van der Waals surface area contributed by atoms with Crippen molar-refractivity contribution in [3.63, 3.8) is 0 Å². The Kier molecular flexibility index (Phi) is 15.0. The summed E-state index contributed by atoms with van der Waals surface area (Å²) in [5.41, 5.74) is 5.75. The van der Waals surface area contributed by atoms with Gasteiger partial charge in [-0.25, -0.2) is 0 Å². The van der Waals surface area contributed by atoms with Crippen LogP contribution in [0.1, 0.15) is 80.1 Å². The second kappa shape index (κ2) is 15.9. The average molecular weight is 378 g/mol. The van der Waals surface area contributed by atoms with Crippen molar-refractivity contribution in [3.05, 3.63) is 46.6 Å². The fraction of sp³-hybridized carbons (Fsp3) is 0.609. The first-order valence-electron chi connectivity index (χ1n) is 9.86. The van der Waals surface area contributed by atoms with Gasteiger partial charge >= 0.3 is 0 Å². The Bertz CT molecular complexity index is 522. The van der Waals surface area contributed by atoms with Crippen molar-refractivity contribution in [1.29, 1.82) is 0 Å². The monoisotopic (exact) mass is 377 g/mol. The van der Waals surface area contributed by atoms with Gasteiger partial charge in [-0.2, -0.15) is 0 Å². The van der Waals surface area contributed by atoms with E-state index < -0.39 is 0 Å². The van der Waals surface area contributed by atoms with E-state index in [1.54, 1.807) is 0 Å². The SMILES string of the molecule is CCNC(=S)OC/C=C(\C)CC/C=C(\C)CC/C=C(\C)CCC=C(C)C. The maximum absolute atomic E-state index is 5.42. The van der Waals surface area contributed by atoms with E-state index >= 15 is 0 Å². The standard InChI is InChI=1S/C23H39NOS/c1-7-24-23(26)25-18-17-22(6)16-10-15-21(5)14-9-13-20(4)12-8-11-19(2)3/h11,13,15,17H,7-10,12,14,16,18H2,1-6H3,(H,24,26)/b20-13+,21-15+,22-17+. The van der Waals surface area contributed by atoms with Gasteiger partial charge in [-0.15, -0.1) is 0 Å². The molecule has 0 aliphatic heterocycles. The van der Waals surface area contributed by atoms with Crippen LogP contribution in [0, 0.1) is 0 Å². The van der Waals surface area contributed by atoms with Crippen LogP contribution < -0.4 is 5.32 Å².